The van der Waals surface area contributed by atoms with E-state index in [2.05, 4.69) is 16.8 Å². The Bertz CT molecular complexity index is 510. The van der Waals surface area contributed by atoms with E-state index in [0.717, 1.165) is 27.9 Å². The minimum Gasteiger partial charge on any atom is -0.342 e. The van der Waals surface area contributed by atoms with Crippen LogP contribution in [-0.4, -0.2) is 22.6 Å². The second-order valence-corrected chi connectivity index (χ2v) is 6.37. The summed E-state index contributed by atoms with van der Waals surface area (Å²) < 4.78 is 0. The summed E-state index contributed by atoms with van der Waals surface area (Å²) in [6.07, 6.45) is 8.27. The van der Waals surface area contributed by atoms with Crippen LogP contribution in [0.3, 0.4) is 0 Å². The number of benzene rings is 1. The lowest BCUT2D eigenvalue weighted by molar-refractivity contribution is 0.263. The van der Waals surface area contributed by atoms with Gasteiger partial charge in [-0.15, -0.1) is 6.58 Å². The maximum Gasteiger partial charge on any atom is 0.173 e. The Morgan fingerprint density at radius 1 is 1.43 bits per heavy atom. The van der Waals surface area contributed by atoms with E-state index in [4.69, 9.17) is 23.8 Å². The summed E-state index contributed by atoms with van der Waals surface area (Å²) in [5, 5.41) is 4.89. The molecule has 114 valence electrons. The maximum absolute atomic E-state index is 6.17. The van der Waals surface area contributed by atoms with E-state index >= 15 is 0 Å². The lowest BCUT2D eigenvalue weighted by atomic mass is 9.94. The van der Waals surface area contributed by atoms with Crippen molar-refractivity contribution in [2.75, 3.05) is 11.9 Å². The lowest BCUT2D eigenvalue weighted by Gasteiger charge is -2.35. The predicted molar refractivity (Wildman–Crippen MR) is 96.2 cm³/mol. The minimum atomic E-state index is 0.524. The zero-order chi connectivity index (χ0) is 15.2. The van der Waals surface area contributed by atoms with Crippen LogP contribution in [0.2, 0.25) is 5.02 Å². The molecule has 0 bridgehead atoms. The van der Waals surface area contributed by atoms with Crippen molar-refractivity contribution in [2.24, 2.45) is 0 Å². The summed E-state index contributed by atoms with van der Waals surface area (Å²) in [4.78, 5) is 2.27. The molecule has 0 amide bonds. The highest BCUT2D eigenvalue weighted by Gasteiger charge is 2.22. The van der Waals surface area contributed by atoms with Crippen LogP contribution >= 0.6 is 23.8 Å². The molecule has 1 fully saturated rings. The third kappa shape index (κ3) is 4.21. The zero-order valence-corrected chi connectivity index (χ0v) is 14.1. The second-order valence-electron chi connectivity index (χ2n) is 5.58. The van der Waals surface area contributed by atoms with Gasteiger partial charge in [-0.25, -0.2) is 0 Å². The van der Waals surface area contributed by atoms with Crippen molar-refractivity contribution < 1.29 is 0 Å². The third-order valence-corrected chi connectivity index (χ3v) is 4.86. The topological polar surface area (TPSA) is 15.3 Å². The van der Waals surface area contributed by atoms with Crippen molar-refractivity contribution >= 4 is 34.6 Å². The first-order chi connectivity index (χ1) is 10.1. The van der Waals surface area contributed by atoms with Crippen LogP contribution in [0.1, 0.15) is 37.7 Å². The Hall–Kier alpha value is -1.06. The molecule has 0 atom stereocenters. The van der Waals surface area contributed by atoms with Gasteiger partial charge in [0.05, 0.1) is 0 Å². The molecule has 0 heterocycles. The average Bonchev–Trinajstić information content (AvgIpc) is 2.50. The SMILES string of the molecule is C=CCN(C(=S)Nc1cccc(Cl)c1C)C1CCCCC1. The smallest absolute Gasteiger partial charge is 0.173 e. The van der Waals surface area contributed by atoms with Gasteiger partial charge in [0.2, 0.25) is 0 Å². The first-order valence-electron chi connectivity index (χ1n) is 7.57. The fourth-order valence-corrected chi connectivity index (χ4v) is 3.37. The Morgan fingerprint density at radius 2 is 2.14 bits per heavy atom. The van der Waals surface area contributed by atoms with Crippen LogP contribution in [0.5, 0.6) is 0 Å². The number of rotatable bonds is 4. The van der Waals surface area contributed by atoms with Crippen molar-refractivity contribution in [3.05, 3.63) is 41.4 Å². The first kappa shape index (κ1) is 16.3. The Morgan fingerprint density at radius 3 is 2.81 bits per heavy atom. The fourth-order valence-electron chi connectivity index (χ4n) is 2.86. The number of anilines is 1. The molecule has 1 aliphatic carbocycles. The highest BCUT2D eigenvalue weighted by atomic mass is 35.5. The van der Waals surface area contributed by atoms with Gasteiger partial charge in [0.25, 0.3) is 0 Å². The van der Waals surface area contributed by atoms with Crippen molar-refractivity contribution in [1.82, 2.24) is 4.90 Å². The van der Waals surface area contributed by atoms with E-state index in [1.165, 1.54) is 32.1 Å². The van der Waals surface area contributed by atoms with Gasteiger partial charge in [0.15, 0.2) is 5.11 Å². The highest BCUT2D eigenvalue weighted by molar-refractivity contribution is 7.80. The molecule has 0 spiro atoms. The van der Waals surface area contributed by atoms with Crippen LogP contribution < -0.4 is 5.32 Å². The number of nitrogens with zero attached hydrogens (tertiary/aromatic N) is 1. The Kier molecular flexibility index (Phi) is 6.07. The summed E-state index contributed by atoms with van der Waals surface area (Å²) in [6.45, 7) is 6.66. The van der Waals surface area contributed by atoms with E-state index in [0.29, 0.717) is 6.04 Å². The highest BCUT2D eigenvalue weighted by Crippen LogP contribution is 2.26. The minimum absolute atomic E-state index is 0.524. The molecule has 2 nitrogen and oxygen atoms in total. The third-order valence-electron chi connectivity index (χ3n) is 4.11. The van der Waals surface area contributed by atoms with Crippen LogP contribution in [-0.2, 0) is 0 Å². The number of nitrogens with one attached hydrogen (secondary N) is 1. The zero-order valence-electron chi connectivity index (χ0n) is 12.6. The molecule has 1 N–H and O–H groups in total. The molecule has 1 aromatic rings. The number of halogens is 1. The monoisotopic (exact) mass is 322 g/mol. The van der Waals surface area contributed by atoms with Crippen LogP contribution in [0.4, 0.5) is 5.69 Å². The fraction of sp³-hybridized carbons (Fsp3) is 0.471. The number of thiocarbonyl (C=S) groups is 1. The number of hydrogen-bond acceptors (Lipinski definition) is 1. The molecule has 0 radical (unpaired) electrons. The van der Waals surface area contributed by atoms with Gasteiger partial charge in [0.1, 0.15) is 0 Å². The van der Waals surface area contributed by atoms with Crippen molar-refractivity contribution in [3.8, 4) is 0 Å². The second kappa shape index (κ2) is 7.81. The molecule has 0 unspecified atom stereocenters. The summed E-state index contributed by atoms with van der Waals surface area (Å²) in [7, 11) is 0. The van der Waals surface area contributed by atoms with Crippen LogP contribution in [0.25, 0.3) is 0 Å². The molecular formula is C17H23ClN2S. The first-order valence-corrected chi connectivity index (χ1v) is 8.35. The summed E-state index contributed by atoms with van der Waals surface area (Å²) in [5.74, 6) is 0. The average molecular weight is 323 g/mol. The molecule has 0 aromatic heterocycles. The quantitative estimate of drug-likeness (QED) is 0.608. The number of hydrogen-bond donors (Lipinski definition) is 1. The van der Waals surface area contributed by atoms with Gasteiger partial charge in [-0.05, 0) is 49.7 Å². The molecule has 21 heavy (non-hydrogen) atoms. The van der Waals surface area contributed by atoms with E-state index < -0.39 is 0 Å². The molecular weight excluding hydrogens is 300 g/mol. The summed E-state index contributed by atoms with van der Waals surface area (Å²) in [5.41, 5.74) is 2.01. The van der Waals surface area contributed by atoms with Crippen molar-refractivity contribution in [2.45, 2.75) is 45.1 Å². The predicted octanol–water partition coefficient (Wildman–Crippen LogP) is 5.17. The molecule has 4 heteroatoms. The van der Waals surface area contributed by atoms with Gasteiger partial charge in [-0.3, -0.25) is 0 Å². The van der Waals surface area contributed by atoms with E-state index in [-0.39, 0.29) is 0 Å². The van der Waals surface area contributed by atoms with E-state index in [1.54, 1.807) is 0 Å². The normalized spacial score (nSPS) is 15.5. The molecule has 1 aliphatic rings. The Balaban J connectivity index is 2.10. The molecule has 1 aromatic carbocycles. The largest absolute Gasteiger partial charge is 0.342 e. The van der Waals surface area contributed by atoms with Crippen molar-refractivity contribution in [1.29, 1.82) is 0 Å². The van der Waals surface area contributed by atoms with E-state index in [9.17, 15) is 0 Å². The molecule has 0 saturated heterocycles. The van der Waals surface area contributed by atoms with E-state index in [1.807, 2.05) is 31.2 Å². The Labute approximate surface area is 138 Å². The van der Waals surface area contributed by atoms with Gasteiger partial charge < -0.3 is 10.2 Å². The van der Waals surface area contributed by atoms with Crippen LogP contribution in [0, 0.1) is 6.92 Å². The summed E-state index contributed by atoms with van der Waals surface area (Å²) in [6, 6.07) is 6.38. The van der Waals surface area contributed by atoms with Gasteiger partial charge in [-0.1, -0.05) is 43.0 Å². The molecule has 0 aliphatic heterocycles. The molecule has 1 saturated carbocycles. The van der Waals surface area contributed by atoms with Gasteiger partial charge in [0, 0.05) is 23.3 Å². The lowest BCUT2D eigenvalue weighted by Crippen LogP contribution is -2.43. The van der Waals surface area contributed by atoms with Crippen molar-refractivity contribution in [3.63, 3.8) is 0 Å². The molecule has 2 rings (SSSR count). The van der Waals surface area contributed by atoms with Crippen LogP contribution in [0.15, 0.2) is 30.9 Å². The summed E-state index contributed by atoms with van der Waals surface area (Å²) >= 11 is 11.8. The van der Waals surface area contributed by atoms with Gasteiger partial charge in [-0.2, -0.15) is 0 Å². The maximum atomic E-state index is 6.17. The standard InChI is InChI=1S/C17H23ClN2S/c1-3-12-20(14-8-5-4-6-9-14)17(21)19-16-11-7-10-15(18)13(16)2/h3,7,10-11,14H,1,4-6,8-9,12H2,2H3,(H,19,21). The van der Waals surface area contributed by atoms with Gasteiger partial charge >= 0.3 is 0 Å².